The lowest BCUT2D eigenvalue weighted by molar-refractivity contribution is -0.113. The van der Waals surface area contributed by atoms with Crippen molar-refractivity contribution in [2.75, 3.05) is 11.1 Å². The van der Waals surface area contributed by atoms with E-state index in [-0.39, 0.29) is 5.91 Å². The van der Waals surface area contributed by atoms with E-state index < -0.39 is 0 Å². The van der Waals surface area contributed by atoms with E-state index in [1.807, 2.05) is 42.5 Å². The van der Waals surface area contributed by atoms with Crippen LogP contribution in [0.5, 0.6) is 0 Å². The first kappa shape index (κ1) is 15.6. The number of carbonyl (C=O) groups excluding carboxylic acids is 1. The molecule has 0 saturated heterocycles. The number of H-pyrrole nitrogens is 1. The molecule has 0 aliphatic rings. The highest BCUT2D eigenvalue weighted by atomic mass is 79.9. The fourth-order valence-corrected chi connectivity index (χ4v) is 3.34. The van der Waals surface area contributed by atoms with Crippen LogP contribution in [0, 0.1) is 0 Å². The Bertz CT molecular complexity index is 835. The van der Waals surface area contributed by atoms with E-state index in [2.05, 4.69) is 47.1 Å². The van der Waals surface area contributed by atoms with Crippen molar-refractivity contribution in [1.82, 2.24) is 9.97 Å². The number of carbonyl (C=O) groups is 1. The van der Waals surface area contributed by atoms with Crippen LogP contribution in [-0.2, 0) is 4.79 Å². The molecule has 4 nitrogen and oxygen atoms in total. The van der Waals surface area contributed by atoms with Crippen LogP contribution in [0.25, 0.3) is 11.0 Å². The van der Waals surface area contributed by atoms with Crippen LogP contribution in [0.15, 0.2) is 56.6 Å². The van der Waals surface area contributed by atoms with Gasteiger partial charge in [0.2, 0.25) is 5.91 Å². The molecule has 0 bridgehead atoms. The van der Waals surface area contributed by atoms with Crippen molar-refractivity contribution in [2.24, 2.45) is 0 Å². The zero-order valence-corrected chi connectivity index (χ0v) is 15.3. The number of para-hydroxylation sites is 1. The topological polar surface area (TPSA) is 57.8 Å². The Morgan fingerprint density at radius 1 is 1.23 bits per heavy atom. The van der Waals surface area contributed by atoms with E-state index >= 15 is 0 Å². The molecule has 0 saturated carbocycles. The van der Waals surface area contributed by atoms with Gasteiger partial charge in [0, 0.05) is 8.95 Å². The third-order valence-electron chi connectivity index (χ3n) is 2.91. The molecule has 0 aliphatic carbocycles. The molecule has 0 atom stereocenters. The number of nitrogens with zero attached hydrogens (tertiary/aromatic N) is 1. The summed E-state index contributed by atoms with van der Waals surface area (Å²) < 4.78 is 1.86. The smallest absolute Gasteiger partial charge is 0.234 e. The number of halogens is 2. The lowest BCUT2D eigenvalue weighted by atomic mass is 10.3. The summed E-state index contributed by atoms with van der Waals surface area (Å²) in [4.78, 5) is 19.7. The van der Waals surface area contributed by atoms with Gasteiger partial charge in [-0.3, -0.25) is 4.79 Å². The van der Waals surface area contributed by atoms with Gasteiger partial charge in [-0.05, 0) is 46.3 Å². The number of thioether (sulfide) groups is 1. The van der Waals surface area contributed by atoms with E-state index in [0.717, 1.165) is 30.8 Å². The maximum atomic E-state index is 12.0. The average Bonchev–Trinajstić information content (AvgIpc) is 2.89. The SMILES string of the molecule is O=C(CSc1nc2ccc(Br)cc2[nH]1)Nc1ccccc1Br. The summed E-state index contributed by atoms with van der Waals surface area (Å²) in [5.74, 6) is 0.223. The molecule has 3 aromatic rings. The van der Waals surface area contributed by atoms with Gasteiger partial charge in [0.25, 0.3) is 0 Å². The predicted molar refractivity (Wildman–Crippen MR) is 97.3 cm³/mol. The monoisotopic (exact) mass is 439 g/mol. The highest BCUT2D eigenvalue weighted by Gasteiger charge is 2.09. The van der Waals surface area contributed by atoms with Crippen molar-refractivity contribution in [3.8, 4) is 0 Å². The molecule has 2 aromatic carbocycles. The van der Waals surface area contributed by atoms with Gasteiger partial charge in [0.15, 0.2) is 5.16 Å². The van der Waals surface area contributed by atoms with Crippen molar-refractivity contribution in [3.05, 3.63) is 51.4 Å². The summed E-state index contributed by atoms with van der Waals surface area (Å²) in [6.07, 6.45) is 0. The van der Waals surface area contributed by atoms with Crippen molar-refractivity contribution < 1.29 is 4.79 Å². The summed E-state index contributed by atoms with van der Waals surface area (Å²) in [6, 6.07) is 13.4. The van der Waals surface area contributed by atoms with Crippen molar-refractivity contribution in [1.29, 1.82) is 0 Å². The van der Waals surface area contributed by atoms with Gasteiger partial charge in [-0.25, -0.2) is 4.98 Å². The molecule has 0 radical (unpaired) electrons. The average molecular weight is 441 g/mol. The fourth-order valence-electron chi connectivity index (χ4n) is 1.91. The Morgan fingerprint density at radius 3 is 2.86 bits per heavy atom. The number of rotatable bonds is 4. The first-order valence-corrected chi connectivity index (χ1v) is 9.01. The lowest BCUT2D eigenvalue weighted by Crippen LogP contribution is -2.14. The standard InChI is InChI=1S/C15H11Br2N3OS/c16-9-5-6-12-13(7-9)20-15(19-12)22-8-14(21)18-11-4-2-1-3-10(11)17/h1-7H,8H2,(H,18,21)(H,19,20). The number of nitrogens with one attached hydrogen (secondary N) is 2. The predicted octanol–water partition coefficient (Wildman–Crippen LogP) is 4.82. The van der Waals surface area contributed by atoms with Crippen LogP contribution >= 0.6 is 43.6 Å². The molecular formula is C15H11Br2N3OS. The summed E-state index contributed by atoms with van der Waals surface area (Å²) in [5, 5.41) is 3.60. The van der Waals surface area contributed by atoms with Crippen LogP contribution < -0.4 is 5.32 Å². The van der Waals surface area contributed by atoms with Crippen LogP contribution in [-0.4, -0.2) is 21.6 Å². The molecule has 1 amide bonds. The molecule has 1 heterocycles. The highest BCUT2D eigenvalue weighted by molar-refractivity contribution is 9.10. The largest absolute Gasteiger partial charge is 0.333 e. The van der Waals surface area contributed by atoms with E-state index in [1.165, 1.54) is 11.8 Å². The minimum Gasteiger partial charge on any atom is -0.333 e. The van der Waals surface area contributed by atoms with Crippen LogP contribution in [0.2, 0.25) is 0 Å². The Balaban J connectivity index is 1.63. The molecule has 0 aliphatic heterocycles. The number of benzene rings is 2. The number of anilines is 1. The molecule has 0 unspecified atom stereocenters. The molecule has 0 fully saturated rings. The molecule has 3 rings (SSSR count). The minimum absolute atomic E-state index is 0.0708. The second kappa shape index (κ2) is 6.85. The number of fused-ring (bicyclic) bond motifs is 1. The number of aromatic nitrogens is 2. The minimum atomic E-state index is -0.0708. The van der Waals surface area contributed by atoms with E-state index in [0.29, 0.717) is 5.75 Å². The van der Waals surface area contributed by atoms with Gasteiger partial charge in [-0.1, -0.05) is 39.8 Å². The molecule has 7 heteroatoms. The number of hydrogen-bond donors (Lipinski definition) is 2. The third kappa shape index (κ3) is 3.71. The molecular weight excluding hydrogens is 430 g/mol. The fraction of sp³-hybridized carbons (Fsp3) is 0.0667. The maximum Gasteiger partial charge on any atom is 0.234 e. The molecule has 2 N–H and O–H groups in total. The van der Waals surface area contributed by atoms with Crippen LogP contribution in [0.3, 0.4) is 0 Å². The first-order chi connectivity index (χ1) is 10.6. The number of hydrogen-bond acceptors (Lipinski definition) is 3. The first-order valence-electron chi connectivity index (χ1n) is 6.44. The summed E-state index contributed by atoms with van der Waals surface area (Å²) in [5.41, 5.74) is 2.60. The van der Waals surface area contributed by atoms with Gasteiger partial charge in [-0.2, -0.15) is 0 Å². The van der Waals surface area contributed by atoms with Gasteiger partial charge >= 0.3 is 0 Å². The van der Waals surface area contributed by atoms with E-state index in [1.54, 1.807) is 0 Å². The lowest BCUT2D eigenvalue weighted by Gasteiger charge is -2.05. The van der Waals surface area contributed by atoms with Crippen LogP contribution in [0.4, 0.5) is 5.69 Å². The van der Waals surface area contributed by atoms with Crippen molar-refractivity contribution in [2.45, 2.75) is 5.16 Å². The highest BCUT2D eigenvalue weighted by Crippen LogP contribution is 2.24. The normalized spacial score (nSPS) is 10.8. The summed E-state index contributed by atoms with van der Waals surface area (Å²) >= 11 is 8.21. The number of aromatic amines is 1. The molecule has 0 spiro atoms. The second-order valence-electron chi connectivity index (χ2n) is 4.52. The Hall–Kier alpha value is -1.31. The summed E-state index contributed by atoms with van der Waals surface area (Å²) in [7, 11) is 0. The number of amides is 1. The van der Waals surface area contributed by atoms with Gasteiger partial charge in [-0.15, -0.1) is 0 Å². The van der Waals surface area contributed by atoms with E-state index in [9.17, 15) is 4.79 Å². The maximum absolute atomic E-state index is 12.0. The van der Waals surface area contributed by atoms with Gasteiger partial charge in [0.1, 0.15) is 0 Å². The van der Waals surface area contributed by atoms with Crippen molar-refractivity contribution in [3.63, 3.8) is 0 Å². The molecule has 112 valence electrons. The van der Waals surface area contributed by atoms with Gasteiger partial charge < -0.3 is 10.3 Å². The molecule has 1 aromatic heterocycles. The Kier molecular flexibility index (Phi) is 4.85. The van der Waals surface area contributed by atoms with Crippen molar-refractivity contribution >= 4 is 66.2 Å². The third-order valence-corrected chi connectivity index (χ3v) is 4.97. The Labute approximate surface area is 148 Å². The summed E-state index contributed by atoms with van der Waals surface area (Å²) in [6.45, 7) is 0. The van der Waals surface area contributed by atoms with Gasteiger partial charge in [0.05, 0.1) is 22.5 Å². The van der Waals surface area contributed by atoms with Crippen LogP contribution in [0.1, 0.15) is 0 Å². The zero-order chi connectivity index (χ0) is 15.5. The Morgan fingerprint density at radius 2 is 2.05 bits per heavy atom. The molecule has 22 heavy (non-hydrogen) atoms. The van der Waals surface area contributed by atoms with E-state index in [4.69, 9.17) is 0 Å². The number of imidazole rings is 1. The quantitative estimate of drug-likeness (QED) is 0.572. The second-order valence-corrected chi connectivity index (χ2v) is 7.25. The zero-order valence-electron chi connectivity index (χ0n) is 11.3.